The van der Waals surface area contributed by atoms with E-state index >= 15 is 0 Å². The SMILES string of the molecule is Brc1cccc(-c2cnc3c(CCCN4CCOCC4)nccn23)n1. The lowest BCUT2D eigenvalue weighted by atomic mass is 10.2. The average Bonchev–Trinajstić information content (AvgIpc) is 3.08. The molecule has 1 aliphatic rings. The van der Waals surface area contributed by atoms with E-state index in [1.54, 1.807) is 0 Å². The van der Waals surface area contributed by atoms with Crippen molar-refractivity contribution >= 4 is 21.6 Å². The number of fused-ring (bicyclic) bond motifs is 1. The van der Waals surface area contributed by atoms with E-state index in [4.69, 9.17) is 4.74 Å². The van der Waals surface area contributed by atoms with Crippen LogP contribution in [0.1, 0.15) is 12.1 Å². The maximum absolute atomic E-state index is 5.40. The van der Waals surface area contributed by atoms with Crippen LogP contribution in [0.2, 0.25) is 0 Å². The Kier molecular flexibility index (Phi) is 5.05. The molecule has 7 heteroatoms. The smallest absolute Gasteiger partial charge is 0.159 e. The molecule has 0 atom stereocenters. The van der Waals surface area contributed by atoms with Crippen molar-refractivity contribution < 1.29 is 4.74 Å². The van der Waals surface area contributed by atoms with Crippen molar-refractivity contribution in [2.24, 2.45) is 0 Å². The van der Waals surface area contributed by atoms with Crippen LogP contribution in [-0.2, 0) is 11.2 Å². The molecule has 6 nitrogen and oxygen atoms in total. The predicted molar refractivity (Wildman–Crippen MR) is 99.5 cm³/mol. The summed E-state index contributed by atoms with van der Waals surface area (Å²) in [6.07, 6.45) is 7.66. The monoisotopic (exact) mass is 401 g/mol. The first-order valence-corrected chi connectivity index (χ1v) is 9.34. The van der Waals surface area contributed by atoms with Crippen LogP contribution in [0.15, 0.2) is 41.4 Å². The predicted octanol–water partition coefficient (Wildman–Crippen LogP) is 2.82. The van der Waals surface area contributed by atoms with Crippen molar-refractivity contribution in [2.45, 2.75) is 12.8 Å². The van der Waals surface area contributed by atoms with Crippen LogP contribution in [0.25, 0.3) is 17.0 Å². The summed E-state index contributed by atoms with van der Waals surface area (Å²) in [6, 6.07) is 5.90. The molecular weight excluding hydrogens is 382 g/mol. The molecule has 0 radical (unpaired) electrons. The molecule has 0 bridgehead atoms. The van der Waals surface area contributed by atoms with E-state index in [0.717, 1.165) is 73.0 Å². The van der Waals surface area contributed by atoms with Crippen LogP contribution in [-0.4, -0.2) is 57.1 Å². The summed E-state index contributed by atoms with van der Waals surface area (Å²) in [5, 5.41) is 0. The molecule has 0 amide bonds. The molecule has 3 aromatic rings. The van der Waals surface area contributed by atoms with Gasteiger partial charge in [0.25, 0.3) is 0 Å². The lowest BCUT2D eigenvalue weighted by Gasteiger charge is -2.26. The Bertz CT molecular complexity index is 860. The second kappa shape index (κ2) is 7.59. The highest BCUT2D eigenvalue weighted by atomic mass is 79.9. The van der Waals surface area contributed by atoms with Crippen molar-refractivity contribution in [1.29, 1.82) is 0 Å². The number of hydrogen-bond donors (Lipinski definition) is 0. The Hall–Kier alpha value is -1.83. The molecule has 1 aliphatic heterocycles. The molecule has 0 spiro atoms. The molecule has 130 valence electrons. The largest absolute Gasteiger partial charge is 0.379 e. The molecule has 4 heterocycles. The third-order valence-electron chi connectivity index (χ3n) is 4.47. The Morgan fingerprint density at radius 1 is 1.16 bits per heavy atom. The number of aromatic nitrogens is 4. The Balaban J connectivity index is 1.52. The highest BCUT2D eigenvalue weighted by molar-refractivity contribution is 9.10. The number of hydrogen-bond acceptors (Lipinski definition) is 5. The number of halogens is 1. The highest BCUT2D eigenvalue weighted by Gasteiger charge is 2.13. The molecule has 0 N–H and O–H groups in total. The zero-order chi connectivity index (χ0) is 17.1. The molecule has 4 rings (SSSR count). The fourth-order valence-electron chi connectivity index (χ4n) is 3.18. The zero-order valence-electron chi connectivity index (χ0n) is 13.9. The van der Waals surface area contributed by atoms with E-state index in [0.29, 0.717) is 0 Å². The molecule has 1 fully saturated rings. The molecule has 0 saturated carbocycles. The van der Waals surface area contributed by atoms with E-state index in [2.05, 4.69) is 40.2 Å². The number of aryl methyl sites for hydroxylation is 1. The third kappa shape index (κ3) is 3.73. The van der Waals surface area contributed by atoms with Gasteiger partial charge < -0.3 is 4.74 Å². The molecule has 0 unspecified atom stereocenters. The van der Waals surface area contributed by atoms with Gasteiger partial charge in [0.05, 0.1) is 36.5 Å². The molecule has 0 aromatic carbocycles. The Morgan fingerprint density at radius 3 is 2.88 bits per heavy atom. The Morgan fingerprint density at radius 2 is 2.04 bits per heavy atom. The Labute approximate surface area is 155 Å². The normalized spacial score (nSPS) is 15.7. The van der Waals surface area contributed by atoms with Gasteiger partial charge in [-0.15, -0.1) is 0 Å². The van der Waals surface area contributed by atoms with Crippen molar-refractivity contribution in [1.82, 2.24) is 24.3 Å². The van der Waals surface area contributed by atoms with E-state index in [-0.39, 0.29) is 0 Å². The van der Waals surface area contributed by atoms with Crippen LogP contribution in [0, 0.1) is 0 Å². The molecule has 25 heavy (non-hydrogen) atoms. The van der Waals surface area contributed by atoms with E-state index in [1.165, 1.54) is 0 Å². The minimum Gasteiger partial charge on any atom is -0.379 e. The molecule has 0 aliphatic carbocycles. The van der Waals surface area contributed by atoms with Gasteiger partial charge in [0.1, 0.15) is 4.60 Å². The van der Waals surface area contributed by atoms with E-state index in [1.807, 2.05) is 36.8 Å². The third-order valence-corrected chi connectivity index (χ3v) is 4.91. The first-order valence-electron chi connectivity index (χ1n) is 8.55. The van der Waals surface area contributed by atoms with Gasteiger partial charge in [0.2, 0.25) is 0 Å². The summed E-state index contributed by atoms with van der Waals surface area (Å²) < 4.78 is 8.29. The maximum atomic E-state index is 5.40. The van der Waals surface area contributed by atoms with Crippen molar-refractivity contribution in [3.8, 4) is 11.4 Å². The second-order valence-electron chi connectivity index (χ2n) is 6.11. The topological polar surface area (TPSA) is 55.5 Å². The van der Waals surface area contributed by atoms with Gasteiger partial charge in [0, 0.05) is 25.5 Å². The van der Waals surface area contributed by atoms with Crippen LogP contribution < -0.4 is 0 Å². The van der Waals surface area contributed by atoms with Crippen molar-refractivity contribution in [3.63, 3.8) is 0 Å². The summed E-state index contributed by atoms with van der Waals surface area (Å²) in [4.78, 5) is 16.1. The van der Waals surface area contributed by atoms with Gasteiger partial charge >= 0.3 is 0 Å². The van der Waals surface area contributed by atoms with Gasteiger partial charge in [-0.1, -0.05) is 6.07 Å². The molecule has 1 saturated heterocycles. The minimum absolute atomic E-state index is 0.819. The lowest BCUT2D eigenvalue weighted by Crippen LogP contribution is -2.37. The van der Waals surface area contributed by atoms with Crippen molar-refractivity contribution in [2.75, 3.05) is 32.8 Å². The maximum Gasteiger partial charge on any atom is 0.159 e. The molecule has 3 aromatic heterocycles. The summed E-state index contributed by atoms with van der Waals surface area (Å²) in [5.74, 6) is 0. The van der Waals surface area contributed by atoms with Gasteiger partial charge in [-0.05, 0) is 47.4 Å². The second-order valence-corrected chi connectivity index (χ2v) is 6.93. The number of rotatable bonds is 5. The fraction of sp³-hybridized carbons (Fsp3) is 0.389. The van der Waals surface area contributed by atoms with Crippen LogP contribution in [0.5, 0.6) is 0 Å². The van der Waals surface area contributed by atoms with Crippen LogP contribution >= 0.6 is 15.9 Å². The van der Waals surface area contributed by atoms with Crippen LogP contribution in [0.3, 0.4) is 0 Å². The number of imidazole rings is 1. The first-order chi connectivity index (χ1) is 12.3. The number of ether oxygens (including phenoxy) is 1. The molecular formula is C18H20BrN5O. The van der Waals surface area contributed by atoms with Gasteiger partial charge in [0.15, 0.2) is 5.65 Å². The lowest BCUT2D eigenvalue weighted by molar-refractivity contribution is 0.0374. The number of morpholine rings is 1. The summed E-state index contributed by atoms with van der Waals surface area (Å²) in [6.45, 7) is 4.82. The standard InChI is InChI=1S/C18H20BrN5O/c19-17-5-1-3-14(22-17)16-13-21-18-15(20-6-8-24(16)18)4-2-7-23-9-11-25-12-10-23/h1,3,5-6,8,13H,2,4,7,9-12H2. The van der Waals surface area contributed by atoms with Crippen LogP contribution in [0.4, 0.5) is 0 Å². The quantitative estimate of drug-likeness (QED) is 0.615. The average molecular weight is 402 g/mol. The van der Waals surface area contributed by atoms with E-state index < -0.39 is 0 Å². The number of nitrogens with zero attached hydrogens (tertiary/aromatic N) is 5. The van der Waals surface area contributed by atoms with E-state index in [9.17, 15) is 0 Å². The first kappa shape index (κ1) is 16.6. The van der Waals surface area contributed by atoms with Gasteiger partial charge in [-0.25, -0.2) is 9.97 Å². The van der Waals surface area contributed by atoms with Gasteiger partial charge in [-0.3, -0.25) is 14.3 Å². The van der Waals surface area contributed by atoms with Gasteiger partial charge in [-0.2, -0.15) is 0 Å². The summed E-state index contributed by atoms with van der Waals surface area (Å²) >= 11 is 3.43. The zero-order valence-corrected chi connectivity index (χ0v) is 15.5. The fourth-order valence-corrected chi connectivity index (χ4v) is 3.53. The summed E-state index contributed by atoms with van der Waals surface area (Å²) in [5.41, 5.74) is 3.83. The highest BCUT2D eigenvalue weighted by Crippen LogP contribution is 2.22. The number of pyridine rings is 1. The minimum atomic E-state index is 0.819. The van der Waals surface area contributed by atoms with Crippen molar-refractivity contribution in [3.05, 3.63) is 47.1 Å². The summed E-state index contributed by atoms with van der Waals surface area (Å²) in [7, 11) is 0.